The maximum atomic E-state index is 9.11. The van der Waals surface area contributed by atoms with Crippen LogP contribution in [0, 0.1) is 13.8 Å². The van der Waals surface area contributed by atoms with E-state index in [2.05, 4.69) is 11.9 Å². The molecule has 14 heavy (non-hydrogen) atoms. The van der Waals surface area contributed by atoms with E-state index in [9.17, 15) is 0 Å². The van der Waals surface area contributed by atoms with Gasteiger partial charge in [-0.15, -0.1) is 11.3 Å². The molecule has 1 rings (SSSR count). The van der Waals surface area contributed by atoms with Crippen LogP contribution in [0.1, 0.15) is 15.6 Å². The maximum Gasteiger partial charge on any atom is 0.103 e. The summed E-state index contributed by atoms with van der Waals surface area (Å²) in [5.74, 6) is 1.38. The van der Waals surface area contributed by atoms with Crippen LogP contribution in [0.4, 0.5) is 0 Å². The molecule has 0 saturated carbocycles. The Balaban J connectivity index is 2.31. The predicted octanol–water partition coefficient (Wildman–Crippen LogP) is 1.35. The summed E-state index contributed by atoms with van der Waals surface area (Å²) in [6.45, 7) is 3.90. The van der Waals surface area contributed by atoms with Crippen molar-refractivity contribution in [2.75, 3.05) is 12.4 Å². The van der Waals surface area contributed by atoms with Crippen molar-refractivity contribution in [1.82, 2.24) is 4.98 Å². The van der Waals surface area contributed by atoms with Crippen LogP contribution in [0.2, 0.25) is 0 Å². The van der Waals surface area contributed by atoms with Crippen LogP contribution in [0.15, 0.2) is 0 Å². The van der Waals surface area contributed by atoms with E-state index in [4.69, 9.17) is 10.2 Å². The number of thiazole rings is 1. The Morgan fingerprint density at radius 1 is 1.50 bits per heavy atom. The average Bonchev–Trinajstić information content (AvgIpc) is 2.46. The SMILES string of the molecule is Cc1nc(CSCC(O)CO)sc1C. The lowest BCUT2D eigenvalue weighted by molar-refractivity contribution is 0.113. The summed E-state index contributed by atoms with van der Waals surface area (Å²) in [5.41, 5.74) is 1.09. The molecule has 0 aliphatic heterocycles. The summed E-state index contributed by atoms with van der Waals surface area (Å²) in [6.07, 6.45) is -0.609. The normalized spacial score (nSPS) is 13.1. The number of hydrogen-bond acceptors (Lipinski definition) is 5. The Kier molecular flexibility index (Phi) is 4.88. The molecule has 1 aromatic rings. The van der Waals surface area contributed by atoms with Gasteiger partial charge in [0.15, 0.2) is 0 Å². The fraction of sp³-hybridized carbons (Fsp3) is 0.667. The Hall–Kier alpha value is -0.100. The molecule has 0 fully saturated rings. The highest BCUT2D eigenvalue weighted by molar-refractivity contribution is 7.98. The Morgan fingerprint density at radius 2 is 2.21 bits per heavy atom. The number of aryl methyl sites for hydroxylation is 2. The molecule has 1 unspecified atom stereocenters. The van der Waals surface area contributed by atoms with Gasteiger partial charge in [0.2, 0.25) is 0 Å². The lowest BCUT2D eigenvalue weighted by atomic mass is 10.4. The molecule has 0 spiro atoms. The predicted molar refractivity (Wildman–Crippen MR) is 60.8 cm³/mol. The van der Waals surface area contributed by atoms with E-state index in [1.54, 1.807) is 23.1 Å². The summed E-state index contributed by atoms with van der Waals surface area (Å²) in [6, 6.07) is 0. The second kappa shape index (κ2) is 5.70. The largest absolute Gasteiger partial charge is 0.394 e. The number of aliphatic hydroxyl groups is 2. The van der Waals surface area contributed by atoms with E-state index in [1.807, 2.05) is 6.92 Å². The molecule has 80 valence electrons. The molecule has 0 radical (unpaired) electrons. The molecule has 1 aromatic heterocycles. The lowest BCUT2D eigenvalue weighted by Gasteiger charge is -2.04. The van der Waals surface area contributed by atoms with E-state index in [0.717, 1.165) is 16.5 Å². The third-order valence-electron chi connectivity index (χ3n) is 1.82. The quantitative estimate of drug-likeness (QED) is 0.806. The zero-order chi connectivity index (χ0) is 10.6. The van der Waals surface area contributed by atoms with Crippen LogP contribution in [0.25, 0.3) is 0 Å². The summed E-state index contributed by atoms with van der Waals surface area (Å²) in [4.78, 5) is 5.64. The van der Waals surface area contributed by atoms with Crippen LogP contribution in [0.3, 0.4) is 0 Å². The first-order chi connectivity index (χ1) is 6.63. The lowest BCUT2D eigenvalue weighted by Crippen LogP contribution is -2.14. The highest BCUT2D eigenvalue weighted by Crippen LogP contribution is 2.21. The minimum atomic E-state index is -0.609. The number of aliphatic hydroxyl groups excluding tert-OH is 2. The van der Waals surface area contributed by atoms with Crippen molar-refractivity contribution in [2.24, 2.45) is 0 Å². The highest BCUT2D eigenvalue weighted by Gasteiger charge is 2.05. The van der Waals surface area contributed by atoms with Crippen LogP contribution in [-0.4, -0.2) is 33.7 Å². The molecule has 0 bridgehead atoms. The molecular formula is C9H15NO2S2. The second-order valence-corrected chi connectivity index (χ2v) is 5.42. The van der Waals surface area contributed by atoms with Gasteiger partial charge in [-0.05, 0) is 13.8 Å². The molecule has 3 nitrogen and oxygen atoms in total. The van der Waals surface area contributed by atoms with Gasteiger partial charge in [-0.3, -0.25) is 0 Å². The first kappa shape index (κ1) is 12.0. The van der Waals surface area contributed by atoms with Gasteiger partial charge in [0, 0.05) is 16.4 Å². The Bertz CT molecular complexity index is 269. The monoisotopic (exact) mass is 233 g/mol. The summed E-state index contributed by atoms with van der Waals surface area (Å²) in [7, 11) is 0. The standard InChI is InChI=1S/C9H15NO2S2/c1-6-7(2)14-9(10-6)5-13-4-8(12)3-11/h8,11-12H,3-5H2,1-2H3. The van der Waals surface area contributed by atoms with E-state index < -0.39 is 6.10 Å². The first-order valence-electron chi connectivity index (χ1n) is 4.43. The fourth-order valence-corrected chi connectivity index (χ4v) is 2.89. The number of hydrogen-bond donors (Lipinski definition) is 2. The van der Waals surface area contributed by atoms with Gasteiger partial charge in [0.25, 0.3) is 0 Å². The van der Waals surface area contributed by atoms with Crippen molar-refractivity contribution in [3.05, 3.63) is 15.6 Å². The summed E-state index contributed by atoms with van der Waals surface area (Å²) in [5, 5.41) is 18.8. The Labute approximate surface area is 92.2 Å². The van der Waals surface area contributed by atoms with Crippen LogP contribution < -0.4 is 0 Å². The van der Waals surface area contributed by atoms with Crippen molar-refractivity contribution in [1.29, 1.82) is 0 Å². The zero-order valence-electron chi connectivity index (χ0n) is 8.36. The number of rotatable bonds is 5. The number of thioether (sulfide) groups is 1. The number of aromatic nitrogens is 1. The van der Waals surface area contributed by atoms with Crippen molar-refractivity contribution in [3.63, 3.8) is 0 Å². The van der Waals surface area contributed by atoms with E-state index in [-0.39, 0.29) is 6.61 Å². The highest BCUT2D eigenvalue weighted by atomic mass is 32.2. The van der Waals surface area contributed by atoms with Crippen molar-refractivity contribution in [3.8, 4) is 0 Å². The van der Waals surface area contributed by atoms with Gasteiger partial charge >= 0.3 is 0 Å². The minimum Gasteiger partial charge on any atom is -0.394 e. The smallest absolute Gasteiger partial charge is 0.103 e. The van der Waals surface area contributed by atoms with Crippen LogP contribution in [0.5, 0.6) is 0 Å². The molecule has 0 amide bonds. The maximum absolute atomic E-state index is 9.11. The molecule has 1 heterocycles. The van der Waals surface area contributed by atoms with Crippen molar-refractivity contribution in [2.45, 2.75) is 25.7 Å². The van der Waals surface area contributed by atoms with Gasteiger partial charge in [-0.25, -0.2) is 4.98 Å². The van der Waals surface area contributed by atoms with E-state index in [1.165, 1.54) is 4.88 Å². The van der Waals surface area contributed by atoms with Gasteiger partial charge in [-0.2, -0.15) is 11.8 Å². The zero-order valence-corrected chi connectivity index (χ0v) is 9.99. The van der Waals surface area contributed by atoms with Gasteiger partial charge in [0.1, 0.15) is 5.01 Å². The Morgan fingerprint density at radius 3 is 2.71 bits per heavy atom. The third kappa shape index (κ3) is 3.57. The van der Waals surface area contributed by atoms with Crippen molar-refractivity contribution < 1.29 is 10.2 Å². The minimum absolute atomic E-state index is 0.164. The summed E-state index contributed by atoms with van der Waals surface area (Å²) < 4.78 is 0. The van der Waals surface area contributed by atoms with Gasteiger partial charge < -0.3 is 10.2 Å². The fourth-order valence-electron chi connectivity index (χ4n) is 0.936. The summed E-state index contributed by atoms with van der Waals surface area (Å²) >= 11 is 3.30. The van der Waals surface area contributed by atoms with Gasteiger partial charge in [-0.1, -0.05) is 0 Å². The molecule has 2 N–H and O–H groups in total. The first-order valence-corrected chi connectivity index (χ1v) is 6.40. The average molecular weight is 233 g/mol. The molecule has 0 saturated heterocycles. The molecule has 1 atom stereocenters. The molecule has 5 heteroatoms. The van der Waals surface area contributed by atoms with Crippen molar-refractivity contribution >= 4 is 23.1 Å². The van der Waals surface area contributed by atoms with Crippen LogP contribution in [-0.2, 0) is 5.75 Å². The molecule has 0 aliphatic carbocycles. The number of nitrogens with zero attached hydrogens (tertiary/aromatic N) is 1. The topological polar surface area (TPSA) is 53.4 Å². The van der Waals surface area contributed by atoms with E-state index in [0.29, 0.717) is 5.75 Å². The molecule has 0 aromatic carbocycles. The third-order valence-corrected chi connectivity index (χ3v) is 4.17. The van der Waals surface area contributed by atoms with Crippen LogP contribution >= 0.6 is 23.1 Å². The molecular weight excluding hydrogens is 218 g/mol. The second-order valence-electron chi connectivity index (χ2n) is 3.10. The van der Waals surface area contributed by atoms with E-state index >= 15 is 0 Å². The van der Waals surface area contributed by atoms with Gasteiger partial charge in [0.05, 0.1) is 18.4 Å². The molecule has 0 aliphatic rings.